The van der Waals surface area contributed by atoms with Crippen molar-refractivity contribution in [2.24, 2.45) is 5.73 Å². The number of carbonyl (C=O) groups excluding carboxylic acids is 1. The fourth-order valence-corrected chi connectivity index (χ4v) is 2.21. The number of urea groups is 1. The summed E-state index contributed by atoms with van der Waals surface area (Å²) in [5, 5.41) is 3.36. The lowest BCUT2D eigenvalue weighted by Gasteiger charge is -2.31. The molecule has 5 heteroatoms. The zero-order valence-electron chi connectivity index (χ0n) is 10.4. The van der Waals surface area contributed by atoms with Gasteiger partial charge in [-0.25, -0.2) is 9.18 Å². The lowest BCUT2D eigenvalue weighted by molar-refractivity contribution is 0.193. The Balaban J connectivity index is 1.91. The van der Waals surface area contributed by atoms with Crippen molar-refractivity contribution >= 4 is 11.7 Å². The second kappa shape index (κ2) is 5.25. The van der Waals surface area contributed by atoms with E-state index in [1.807, 2.05) is 0 Å². The molecule has 0 spiro atoms. The summed E-state index contributed by atoms with van der Waals surface area (Å²) in [6.07, 6.45) is 1.72. The van der Waals surface area contributed by atoms with Gasteiger partial charge in [-0.2, -0.15) is 0 Å². The molecule has 0 unspecified atom stereocenters. The molecule has 0 aliphatic carbocycles. The van der Waals surface area contributed by atoms with Gasteiger partial charge in [0.05, 0.1) is 0 Å². The van der Waals surface area contributed by atoms with Crippen LogP contribution in [0, 0.1) is 12.7 Å². The zero-order chi connectivity index (χ0) is 13.1. The fraction of sp³-hybridized carbons (Fsp3) is 0.462. The van der Waals surface area contributed by atoms with Crippen molar-refractivity contribution in [3.63, 3.8) is 0 Å². The monoisotopic (exact) mass is 251 g/mol. The van der Waals surface area contributed by atoms with E-state index in [4.69, 9.17) is 5.73 Å². The molecule has 0 atom stereocenters. The van der Waals surface area contributed by atoms with Crippen molar-refractivity contribution in [2.75, 3.05) is 18.4 Å². The van der Waals surface area contributed by atoms with Gasteiger partial charge in [0.15, 0.2) is 0 Å². The summed E-state index contributed by atoms with van der Waals surface area (Å²) in [4.78, 5) is 12.6. The van der Waals surface area contributed by atoms with Crippen LogP contribution in [0.2, 0.25) is 0 Å². The molecule has 1 aromatic carbocycles. The molecule has 1 fully saturated rings. The lowest BCUT2D eigenvalue weighted by Crippen LogP contribution is -2.44. The molecule has 1 aliphatic rings. The summed E-state index contributed by atoms with van der Waals surface area (Å²) < 4.78 is 13.1. The van der Waals surface area contributed by atoms with E-state index in [9.17, 15) is 9.18 Å². The Hall–Kier alpha value is -1.78. The van der Waals surface area contributed by atoms with Gasteiger partial charge >= 0.3 is 6.03 Å². The van der Waals surface area contributed by atoms with Crippen LogP contribution in [0.1, 0.15) is 18.4 Å². The molecule has 1 aliphatic heterocycles. The maximum Gasteiger partial charge on any atom is 0.314 e. The summed E-state index contributed by atoms with van der Waals surface area (Å²) in [6.45, 7) is 3.09. The van der Waals surface area contributed by atoms with E-state index in [0.29, 0.717) is 24.7 Å². The van der Waals surface area contributed by atoms with Crippen LogP contribution >= 0.6 is 0 Å². The SMILES string of the molecule is Cc1cc(NC2CCN(C(N)=O)CC2)ccc1F. The van der Waals surface area contributed by atoms with E-state index >= 15 is 0 Å². The Morgan fingerprint density at radius 3 is 2.67 bits per heavy atom. The van der Waals surface area contributed by atoms with Gasteiger partial charge in [-0.1, -0.05) is 0 Å². The molecule has 98 valence electrons. The van der Waals surface area contributed by atoms with Crippen LogP contribution in [0.25, 0.3) is 0 Å². The second-order valence-corrected chi connectivity index (χ2v) is 4.71. The van der Waals surface area contributed by atoms with Crippen LogP contribution in [0.5, 0.6) is 0 Å². The molecule has 0 saturated carbocycles. The second-order valence-electron chi connectivity index (χ2n) is 4.71. The first-order valence-electron chi connectivity index (χ1n) is 6.13. The Bertz CT molecular complexity index is 442. The Labute approximate surface area is 106 Å². The number of nitrogens with two attached hydrogens (primary N) is 1. The van der Waals surface area contributed by atoms with Crippen molar-refractivity contribution < 1.29 is 9.18 Å². The van der Waals surface area contributed by atoms with Crippen molar-refractivity contribution in [1.29, 1.82) is 0 Å². The summed E-state index contributed by atoms with van der Waals surface area (Å²) in [5.41, 5.74) is 6.78. The number of carbonyl (C=O) groups is 1. The van der Waals surface area contributed by atoms with Crippen LogP contribution in [-0.4, -0.2) is 30.1 Å². The van der Waals surface area contributed by atoms with Gasteiger partial charge in [-0.3, -0.25) is 0 Å². The molecule has 0 radical (unpaired) electrons. The number of anilines is 1. The molecule has 1 saturated heterocycles. The molecule has 1 aromatic rings. The van der Waals surface area contributed by atoms with Crippen LogP contribution in [0.4, 0.5) is 14.9 Å². The number of aryl methyl sites for hydroxylation is 1. The number of benzene rings is 1. The normalized spacial score (nSPS) is 16.7. The zero-order valence-corrected chi connectivity index (χ0v) is 10.4. The van der Waals surface area contributed by atoms with E-state index in [2.05, 4.69) is 5.32 Å². The van der Waals surface area contributed by atoms with Crippen molar-refractivity contribution in [1.82, 2.24) is 4.90 Å². The highest BCUT2D eigenvalue weighted by Gasteiger charge is 2.20. The van der Waals surface area contributed by atoms with Crippen LogP contribution in [-0.2, 0) is 0 Å². The average molecular weight is 251 g/mol. The minimum atomic E-state index is -0.355. The molecular formula is C13H18FN3O. The molecule has 3 N–H and O–H groups in total. The molecular weight excluding hydrogens is 233 g/mol. The van der Waals surface area contributed by atoms with Crippen molar-refractivity contribution in [3.8, 4) is 0 Å². The van der Waals surface area contributed by atoms with E-state index < -0.39 is 0 Å². The predicted octanol–water partition coefficient (Wildman–Crippen LogP) is 2.09. The predicted molar refractivity (Wildman–Crippen MR) is 68.9 cm³/mol. The Kier molecular flexibility index (Phi) is 3.69. The molecule has 4 nitrogen and oxygen atoms in total. The summed E-state index contributed by atoms with van der Waals surface area (Å²) in [5.74, 6) is -0.191. The third kappa shape index (κ3) is 2.91. The third-order valence-corrected chi connectivity index (χ3v) is 3.34. The van der Waals surface area contributed by atoms with Gasteiger partial charge < -0.3 is 16.0 Å². The van der Waals surface area contributed by atoms with E-state index in [0.717, 1.165) is 18.5 Å². The molecule has 0 aromatic heterocycles. The summed E-state index contributed by atoms with van der Waals surface area (Å²) >= 11 is 0. The number of hydrogen-bond acceptors (Lipinski definition) is 2. The van der Waals surface area contributed by atoms with Crippen molar-refractivity contribution in [2.45, 2.75) is 25.8 Å². The highest BCUT2D eigenvalue weighted by molar-refractivity contribution is 5.72. The Morgan fingerprint density at radius 1 is 1.44 bits per heavy atom. The number of nitrogens with zero attached hydrogens (tertiary/aromatic N) is 1. The number of piperidine rings is 1. The minimum Gasteiger partial charge on any atom is -0.382 e. The highest BCUT2D eigenvalue weighted by atomic mass is 19.1. The van der Waals surface area contributed by atoms with Crippen LogP contribution in [0.3, 0.4) is 0 Å². The largest absolute Gasteiger partial charge is 0.382 e. The molecule has 2 amide bonds. The standard InChI is InChI=1S/C13H18FN3O/c1-9-8-11(2-3-12(9)14)16-10-4-6-17(7-5-10)13(15)18/h2-3,8,10,16H,4-7H2,1H3,(H2,15,18). The van der Waals surface area contributed by atoms with Crippen LogP contribution in [0.15, 0.2) is 18.2 Å². The smallest absolute Gasteiger partial charge is 0.314 e. The Morgan fingerprint density at radius 2 is 2.11 bits per heavy atom. The number of primary amides is 1. The van der Waals surface area contributed by atoms with Crippen LogP contribution < -0.4 is 11.1 Å². The first kappa shape index (κ1) is 12.7. The molecule has 1 heterocycles. The maximum absolute atomic E-state index is 13.1. The number of likely N-dealkylation sites (tertiary alicyclic amines) is 1. The number of rotatable bonds is 2. The van der Waals surface area contributed by atoms with Gasteiger partial charge in [-0.05, 0) is 43.5 Å². The lowest BCUT2D eigenvalue weighted by atomic mass is 10.0. The first-order valence-corrected chi connectivity index (χ1v) is 6.13. The highest BCUT2D eigenvalue weighted by Crippen LogP contribution is 2.18. The quantitative estimate of drug-likeness (QED) is 0.845. The third-order valence-electron chi connectivity index (χ3n) is 3.34. The molecule has 0 bridgehead atoms. The minimum absolute atomic E-state index is 0.191. The van der Waals surface area contributed by atoms with Gasteiger partial charge in [0, 0.05) is 24.8 Å². The van der Waals surface area contributed by atoms with E-state index in [1.165, 1.54) is 6.07 Å². The van der Waals surface area contributed by atoms with E-state index in [-0.39, 0.29) is 11.8 Å². The summed E-state index contributed by atoms with van der Waals surface area (Å²) in [7, 11) is 0. The van der Waals surface area contributed by atoms with Crippen molar-refractivity contribution in [3.05, 3.63) is 29.6 Å². The van der Waals surface area contributed by atoms with Gasteiger partial charge in [0.25, 0.3) is 0 Å². The van der Waals surface area contributed by atoms with Gasteiger partial charge in [0.2, 0.25) is 0 Å². The molecule has 2 rings (SSSR count). The van der Waals surface area contributed by atoms with Gasteiger partial charge in [0.1, 0.15) is 5.82 Å². The number of nitrogens with one attached hydrogen (secondary N) is 1. The molecule has 18 heavy (non-hydrogen) atoms. The van der Waals surface area contributed by atoms with E-state index in [1.54, 1.807) is 24.0 Å². The topological polar surface area (TPSA) is 58.4 Å². The number of hydrogen-bond donors (Lipinski definition) is 2. The van der Waals surface area contributed by atoms with Gasteiger partial charge in [-0.15, -0.1) is 0 Å². The number of halogens is 1. The fourth-order valence-electron chi connectivity index (χ4n) is 2.21. The maximum atomic E-state index is 13.1. The first-order chi connectivity index (χ1) is 8.56. The number of amides is 2. The summed E-state index contributed by atoms with van der Waals surface area (Å²) in [6, 6.07) is 4.96. The average Bonchev–Trinajstić information content (AvgIpc) is 2.34.